The second-order valence-corrected chi connectivity index (χ2v) is 4.83. The number of unbranched alkanes of at least 4 members (excludes halogenated alkanes) is 1. The normalized spacial score (nSPS) is 12.3. The number of rotatable bonds is 6. The number of hydrogen-bond acceptors (Lipinski definition) is 4. The summed E-state index contributed by atoms with van der Waals surface area (Å²) in [6, 6.07) is 10.9. The van der Waals surface area contributed by atoms with Crippen LogP contribution in [0.5, 0.6) is 0 Å². The van der Waals surface area contributed by atoms with E-state index in [0.717, 1.165) is 11.6 Å². The zero-order valence-electron chi connectivity index (χ0n) is 9.97. The fourth-order valence-corrected chi connectivity index (χ4v) is 2.30. The molecule has 1 N–H and O–H groups in total. The lowest BCUT2D eigenvalue weighted by molar-refractivity contribution is 0.633. The molecule has 2 rings (SSSR count). The Morgan fingerprint density at radius 1 is 1.29 bits per heavy atom. The van der Waals surface area contributed by atoms with Crippen molar-refractivity contribution in [1.82, 2.24) is 10.2 Å². The molecule has 0 aliphatic rings. The molecule has 1 aromatic heterocycles. The van der Waals surface area contributed by atoms with Gasteiger partial charge in [-0.1, -0.05) is 61.4 Å². The molecule has 17 heavy (non-hydrogen) atoms. The fourth-order valence-electron chi connectivity index (χ4n) is 1.80. The van der Waals surface area contributed by atoms with Crippen molar-refractivity contribution in [3.63, 3.8) is 0 Å². The van der Waals surface area contributed by atoms with Gasteiger partial charge < -0.3 is 5.32 Å². The number of anilines is 1. The average Bonchev–Trinajstić information content (AvgIpc) is 2.88. The smallest absolute Gasteiger partial charge is 0.205 e. The van der Waals surface area contributed by atoms with Crippen LogP contribution in [-0.4, -0.2) is 10.2 Å². The van der Waals surface area contributed by atoms with Gasteiger partial charge in [-0.25, -0.2) is 0 Å². The molecule has 1 atom stereocenters. The van der Waals surface area contributed by atoms with Gasteiger partial charge in [0.25, 0.3) is 0 Å². The summed E-state index contributed by atoms with van der Waals surface area (Å²) in [5.74, 6) is 0. The predicted molar refractivity (Wildman–Crippen MR) is 72.2 cm³/mol. The highest BCUT2D eigenvalue weighted by atomic mass is 32.1. The van der Waals surface area contributed by atoms with E-state index in [1.165, 1.54) is 18.4 Å². The van der Waals surface area contributed by atoms with E-state index in [1.54, 1.807) is 16.8 Å². The van der Waals surface area contributed by atoms with Crippen LogP contribution in [0.1, 0.15) is 37.8 Å². The topological polar surface area (TPSA) is 37.8 Å². The Bertz CT molecular complexity index is 413. The summed E-state index contributed by atoms with van der Waals surface area (Å²) in [5.41, 5.74) is 3.07. The van der Waals surface area contributed by atoms with Gasteiger partial charge in [-0.15, -0.1) is 10.2 Å². The monoisotopic (exact) mass is 247 g/mol. The van der Waals surface area contributed by atoms with Crippen molar-refractivity contribution in [3.8, 4) is 0 Å². The Balaban J connectivity index is 2.08. The van der Waals surface area contributed by atoms with Gasteiger partial charge in [0.05, 0.1) is 6.04 Å². The number of nitrogens with one attached hydrogen (secondary N) is 1. The third-order valence-corrected chi connectivity index (χ3v) is 3.33. The molecule has 2 aromatic rings. The number of hydrogen-bond donors (Lipinski definition) is 1. The fraction of sp³-hybridized carbons (Fsp3) is 0.385. The third kappa shape index (κ3) is 3.53. The molecule has 4 heteroatoms. The maximum atomic E-state index is 4.05. The van der Waals surface area contributed by atoms with Crippen LogP contribution < -0.4 is 5.32 Å². The molecule has 0 radical (unpaired) electrons. The van der Waals surface area contributed by atoms with E-state index in [0.29, 0.717) is 6.04 Å². The number of nitrogens with zero attached hydrogens (tertiary/aromatic N) is 2. The van der Waals surface area contributed by atoms with E-state index in [2.05, 4.69) is 46.7 Å². The molecule has 0 aliphatic heterocycles. The molecule has 1 unspecified atom stereocenters. The molecule has 0 saturated heterocycles. The second kappa shape index (κ2) is 6.35. The van der Waals surface area contributed by atoms with Crippen LogP contribution in [0.3, 0.4) is 0 Å². The molecule has 1 aromatic carbocycles. The first-order valence-electron chi connectivity index (χ1n) is 5.98. The van der Waals surface area contributed by atoms with Crippen LogP contribution in [-0.2, 0) is 0 Å². The summed E-state index contributed by atoms with van der Waals surface area (Å²) in [6.07, 6.45) is 3.55. The highest BCUT2D eigenvalue weighted by molar-refractivity contribution is 7.13. The number of aromatic nitrogens is 2. The van der Waals surface area contributed by atoms with Crippen LogP contribution in [0.25, 0.3) is 0 Å². The largest absolute Gasteiger partial charge is 0.353 e. The van der Waals surface area contributed by atoms with E-state index < -0.39 is 0 Å². The summed E-state index contributed by atoms with van der Waals surface area (Å²) in [6.45, 7) is 2.22. The molecule has 0 spiro atoms. The van der Waals surface area contributed by atoms with Gasteiger partial charge in [-0.2, -0.15) is 0 Å². The SMILES string of the molecule is CCCCC(Nc1nncs1)c1ccccc1. The van der Waals surface area contributed by atoms with Crippen LogP contribution >= 0.6 is 11.3 Å². The summed E-state index contributed by atoms with van der Waals surface area (Å²) >= 11 is 1.55. The minimum absolute atomic E-state index is 0.337. The highest BCUT2D eigenvalue weighted by Crippen LogP contribution is 2.24. The third-order valence-electron chi connectivity index (χ3n) is 2.71. The molecule has 3 nitrogen and oxygen atoms in total. The summed E-state index contributed by atoms with van der Waals surface area (Å²) in [5, 5.41) is 12.3. The zero-order chi connectivity index (χ0) is 11.9. The first-order valence-corrected chi connectivity index (χ1v) is 6.85. The van der Waals surface area contributed by atoms with Crippen molar-refractivity contribution in [2.45, 2.75) is 32.2 Å². The van der Waals surface area contributed by atoms with E-state index in [-0.39, 0.29) is 0 Å². The van der Waals surface area contributed by atoms with Gasteiger partial charge in [0.1, 0.15) is 5.51 Å². The number of benzene rings is 1. The van der Waals surface area contributed by atoms with Gasteiger partial charge >= 0.3 is 0 Å². The molecule has 0 fully saturated rings. The van der Waals surface area contributed by atoms with E-state index >= 15 is 0 Å². The van der Waals surface area contributed by atoms with Crippen molar-refractivity contribution >= 4 is 16.5 Å². The first kappa shape index (κ1) is 12.0. The van der Waals surface area contributed by atoms with Crippen LogP contribution in [0.4, 0.5) is 5.13 Å². The Hall–Kier alpha value is -1.42. The molecule has 0 amide bonds. The molecular formula is C13H17N3S. The highest BCUT2D eigenvalue weighted by Gasteiger charge is 2.11. The van der Waals surface area contributed by atoms with Crippen molar-refractivity contribution < 1.29 is 0 Å². The second-order valence-electron chi connectivity index (χ2n) is 3.99. The van der Waals surface area contributed by atoms with Crippen LogP contribution in [0, 0.1) is 0 Å². The Kier molecular flexibility index (Phi) is 4.50. The first-order chi connectivity index (χ1) is 8.40. The molecule has 1 heterocycles. The zero-order valence-corrected chi connectivity index (χ0v) is 10.8. The van der Waals surface area contributed by atoms with Gasteiger partial charge in [0.2, 0.25) is 5.13 Å². The molecule has 0 saturated carbocycles. The molecule has 0 aliphatic carbocycles. The Morgan fingerprint density at radius 3 is 2.76 bits per heavy atom. The average molecular weight is 247 g/mol. The lowest BCUT2D eigenvalue weighted by atomic mass is 10.0. The Morgan fingerprint density at radius 2 is 2.12 bits per heavy atom. The maximum absolute atomic E-state index is 4.05. The maximum Gasteiger partial charge on any atom is 0.205 e. The molecular weight excluding hydrogens is 230 g/mol. The van der Waals surface area contributed by atoms with Gasteiger partial charge in [0, 0.05) is 0 Å². The minimum Gasteiger partial charge on any atom is -0.353 e. The predicted octanol–water partition coefficient (Wildman–Crippen LogP) is 3.88. The molecule has 0 bridgehead atoms. The molecule has 90 valence electrons. The lowest BCUT2D eigenvalue weighted by Crippen LogP contribution is -2.10. The Labute approximate surface area is 106 Å². The van der Waals surface area contributed by atoms with Gasteiger partial charge in [0.15, 0.2) is 0 Å². The quantitative estimate of drug-likeness (QED) is 0.841. The summed E-state index contributed by atoms with van der Waals surface area (Å²) < 4.78 is 0. The van der Waals surface area contributed by atoms with Gasteiger partial charge in [-0.3, -0.25) is 0 Å². The van der Waals surface area contributed by atoms with Crippen molar-refractivity contribution in [2.24, 2.45) is 0 Å². The van der Waals surface area contributed by atoms with Gasteiger partial charge in [-0.05, 0) is 12.0 Å². The van der Waals surface area contributed by atoms with Crippen molar-refractivity contribution in [2.75, 3.05) is 5.32 Å². The van der Waals surface area contributed by atoms with E-state index in [1.807, 2.05) is 6.07 Å². The minimum atomic E-state index is 0.337. The lowest BCUT2D eigenvalue weighted by Gasteiger charge is -2.18. The summed E-state index contributed by atoms with van der Waals surface area (Å²) in [4.78, 5) is 0. The standard InChI is InChI=1S/C13H17N3S/c1-2-3-9-12(11-7-5-4-6-8-11)15-13-16-14-10-17-13/h4-8,10,12H,2-3,9H2,1H3,(H,15,16). The van der Waals surface area contributed by atoms with Crippen molar-refractivity contribution in [3.05, 3.63) is 41.4 Å². The van der Waals surface area contributed by atoms with Crippen LogP contribution in [0.15, 0.2) is 35.8 Å². The van der Waals surface area contributed by atoms with E-state index in [4.69, 9.17) is 0 Å². The summed E-state index contributed by atoms with van der Waals surface area (Å²) in [7, 11) is 0. The van der Waals surface area contributed by atoms with Crippen LogP contribution in [0.2, 0.25) is 0 Å². The van der Waals surface area contributed by atoms with E-state index in [9.17, 15) is 0 Å². The van der Waals surface area contributed by atoms with Crippen molar-refractivity contribution in [1.29, 1.82) is 0 Å².